The average Bonchev–Trinajstić information content (AvgIpc) is 3.40. The fraction of sp³-hybridized carbons (Fsp3) is 0.217. The molecule has 0 bridgehead atoms. The van der Waals surface area contributed by atoms with E-state index in [1.807, 2.05) is 11.4 Å². The predicted molar refractivity (Wildman–Crippen MR) is 125 cm³/mol. The zero-order chi connectivity index (χ0) is 22.6. The molecule has 32 heavy (non-hydrogen) atoms. The van der Waals surface area contributed by atoms with Gasteiger partial charge in [0.05, 0.1) is 9.77 Å². The number of anilines is 2. The third-order valence-corrected chi connectivity index (χ3v) is 7.35. The zero-order valence-corrected chi connectivity index (χ0v) is 18.8. The molecular formula is C23H23N3O4S2. The predicted octanol–water partition coefficient (Wildman–Crippen LogP) is 4.01. The van der Waals surface area contributed by atoms with Crippen LogP contribution in [0.3, 0.4) is 0 Å². The molecule has 3 N–H and O–H groups in total. The smallest absolute Gasteiger partial charge is 0.265 e. The molecular weight excluding hydrogens is 446 g/mol. The van der Waals surface area contributed by atoms with Crippen molar-refractivity contribution in [2.45, 2.75) is 36.6 Å². The lowest BCUT2D eigenvalue weighted by atomic mass is 10.1. The normalized spacial score (nSPS) is 13.5. The number of carbonyl (C=O) groups is 2. The number of rotatable bonds is 9. The molecule has 1 fully saturated rings. The number of nitrogens with one attached hydrogen (secondary N) is 3. The third kappa shape index (κ3) is 6.03. The first-order chi connectivity index (χ1) is 15.4. The van der Waals surface area contributed by atoms with Gasteiger partial charge in [-0.3, -0.25) is 9.59 Å². The van der Waals surface area contributed by atoms with E-state index in [2.05, 4.69) is 15.4 Å². The molecule has 1 heterocycles. The lowest BCUT2D eigenvalue weighted by molar-refractivity contribution is -0.116. The summed E-state index contributed by atoms with van der Waals surface area (Å²) >= 11 is 1.37. The van der Waals surface area contributed by atoms with E-state index in [0.717, 1.165) is 18.4 Å². The summed E-state index contributed by atoms with van der Waals surface area (Å²) in [4.78, 5) is 25.2. The molecule has 0 atom stereocenters. The summed E-state index contributed by atoms with van der Waals surface area (Å²) in [7, 11) is -3.46. The Morgan fingerprint density at radius 3 is 2.16 bits per heavy atom. The number of hydrogen-bond donors (Lipinski definition) is 3. The van der Waals surface area contributed by atoms with Gasteiger partial charge in [0.1, 0.15) is 0 Å². The number of aryl methyl sites for hydroxylation is 1. The third-order valence-electron chi connectivity index (χ3n) is 4.95. The topological polar surface area (TPSA) is 104 Å². The van der Waals surface area contributed by atoms with Crippen molar-refractivity contribution in [3.8, 4) is 0 Å². The highest BCUT2D eigenvalue weighted by atomic mass is 32.2. The quantitative estimate of drug-likeness (QED) is 0.440. The summed E-state index contributed by atoms with van der Waals surface area (Å²) in [5.74, 6) is -0.314. The van der Waals surface area contributed by atoms with Gasteiger partial charge in [-0.2, -0.15) is 0 Å². The van der Waals surface area contributed by atoms with Crippen molar-refractivity contribution >= 4 is 44.5 Å². The Bertz CT molecular complexity index is 1190. The van der Waals surface area contributed by atoms with Crippen LogP contribution in [0.5, 0.6) is 0 Å². The van der Waals surface area contributed by atoms with Crippen molar-refractivity contribution in [1.29, 1.82) is 0 Å². The van der Waals surface area contributed by atoms with Gasteiger partial charge in [-0.05, 0) is 72.7 Å². The summed E-state index contributed by atoms with van der Waals surface area (Å²) < 4.78 is 27.1. The lowest BCUT2D eigenvalue weighted by Crippen LogP contribution is -2.25. The van der Waals surface area contributed by atoms with E-state index in [1.54, 1.807) is 54.6 Å². The number of sulfonamides is 1. The minimum Gasteiger partial charge on any atom is -0.326 e. The van der Waals surface area contributed by atoms with E-state index in [9.17, 15) is 18.0 Å². The van der Waals surface area contributed by atoms with Crippen LogP contribution in [0.25, 0.3) is 0 Å². The Morgan fingerprint density at radius 1 is 0.906 bits per heavy atom. The van der Waals surface area contributed by atoms with Gasteiger partial charge in [-0.1, -0.05) is 18.2 Å². The van der Waals surface area contributed by atoms with Gasteiger partial charge in [0.25, 0.3) is 5.91 Å². The van der Waals surface area contributed by atoms with Crippen LogP contribution in [-0.4, -0.2) is 26.3 Å². The molecule has 3 aromatic rings. The van der Waals surface area contributed by atoms with E-state index in [4.69, 9.17) is 0 Å². The maximum atomic E-state index is 12.3. The highest BCUT2D eigenvalue weighted by Crippen LogP contribution is 2.22. The molecule has 0 aliphatic heterocycles. The summed E-state index contributed by atoms with van der Waals surface area (Å²) in [5.41, 5.74) is 2.17. The van der Waals surface area contributed by atoms with Crippen LogP contribution < -0.4 is 15.4 Å². The van der Waals surface area contributed by atoms with Crippen LogP contribution in [0.4, 0.5) is 11.4 Å². The van der Waals surface area contributed by atoms with Crippen molar-refractivity contribution in [1.82, 2.24) is 4.72 Å². The van der Waals surface area contributed by atoms with Crippen molar-refractivity contribution in [2.24, 2.45) is 0 Å². The van der Waals surface area contributed by atoms with Crippen LogP contribution in [0.2, 0.25) is 0 Å². The lowest BCUT2D eigenvalue weighted by Gasteiger charge is -2.08. The van der Waals surface area contributed by atoms with E-state index in [1.165, 1.54) is 11.3 Å². The first kappa shape index (κ1) is 22.2. The maximum Gasteiger partial charge on any atom is 0.265 e. The van der Waals surface area contributed by atoms with E-state index in [0.29, 0.717) is 22.7 Å². The molecule has 2 amide bonds. The molecule has 1 aliphatic carbocycles. The highest BCUT2D eigenvalue weighted by molar-refractivity contribution is 7.89. The van der Waals surface area contributed by atoms with Crippen LogP contribution in [-0.2, 0) is 21.2 Å². The summed E-state index contributed by atoms with van der Waals surface area (Å²) in [5, 5.41) is 7.48. The van der Waals surface area contributed by atoms with Crippen molar-refractivity contribution in [2.75, 3.05) is 10.6 Å². The SMILES string of the molecule is O=C(CCc1ccc(S(=O)(=O)NC2CC2)cc1)Nc1ccc(NC(=O)c2cccs2)cc1. The number of thiophene rings is 1. The van der Waals surface area contributed by atoms with Crippen LogP contribution in [0.15, 0.2) is 70.9 Å². The van der Waals surface area contributed by atoms with Gasteiger partial charge in [-0.15, -0.1) is 11.3 Å². The summed E-state index contributed by atoms with van der Waals surface area (Å²) in [6.45, 7) is 0. The van der Waals surface area contributed by atoms with Crippen molar-refractivity contribution < 1.29 is 18.0 Å². The molecule has 4 rings (SSSR count). The first-order valence-electron chi connectivity index (χ1n) is 10.3. The Kier molecular flexibility index (Phi) is 6.69. The summed E-state index contributed by atoms with van der Waals surface area (Å²) in [6.07, 6.45) is 2.54. The minimum atomic E-state index is -3.46. The van der Waals surface area contributed by atoms with Gasteiger partial charge in [0, 0.05) is 23.8 Å². The molecule has 0 radical (unpaired) electrons. The fourth-order valence-corrected chi connectivity index (χ4v) is 4.97. The standard InChI is InChI=1S/C23H23N3O4S2/c27-22(14-5-16-3-12-20(13-4-16)32(29,30)26-19-10-11-19)24-17-6-8-18(9-7-17)25-23(28)21-2-1-15-31-21/h1-4,6-9,12-13,15,19,26H,5,10-11,14H2,(H,24,27)(H,25,28). The van der Waals surface area contributed by atoms with Gasteiger partial charge < -0.3 is 10.6 Å². The van der Waals surface area contributed by atoms with Gasteiger partial charge in [0.2, 0.25) is 15.9 Å². The molecule has 2 aromatic carbocycles. The van der Waals surface area contributed by atoms with Gasteiger partial charge >= 0.3 is 0 Å². The van der Waals surface area contributed by atoms with Crippen molar-refractivity contribution in [3.63, 3.8) is 0 Å². The number of hydrogen-bond acceptors (Lipinski definition) is 5. The Balaban J connectivity index is 1.25. The minimum absolute atomic E-state index is 0.0645. The molecule has 1 saturated carbocycles. The molecule has 0 unspecified atom stereocenters. The average molecular weight is 470 g/mol. The highest BCUT2D eigenvalue weighted by Gasteiger charge is 2.27. The van der Waals surface area contributed by atoms with Crippen molar-refractivity contribution in [3.05, 3.63) is 76.5 Å². The fourth-order valence-electron chi connectivity index (χ4n) is 3.04. The van der Waals surface area contributed by atoms with Crippen LogP contribution >= 0.6 is 11.3 Å². The molecule has 9 heteroatoms. The number of amides is 2. The zero-order valence-electron chi connectivity index (χ0n) is 17.2. The molecule has 1 aliphatic rings. The molecule has 166 valence electrons. The Hall–Kier alpha value is -3.01. The monoisotopic (exact) mass is 469 g/mol. The van der Waals surface area contributed by atoms with E-state index < -0.39 is 10.0 Å². The second-order valence-corrected chi connectivity index (χ2v) is 10.3. The first-order valence-corrected chi connectivity index (χ1v) is 12.6. The van der Waals surface area contributed by atoms with Gasteiger partial charge in [0.15, 0.2) is 0 Å². The van der Waals surface area contributed by atoms with Crippen LogP contribution in [0, 0.1) is 0 Å². The van der Waals surface area contributed by atoms with E-state index in [-0.39, 0.29) is 29.2 Å². The molecule has 1 aromatic heterocycles. The number of carbonyl (C=O) groups excluding carboxylic acids is 2. The van der Waals surface area contributed by atoms with E-state index >= 15 is 0 Å². The number of benzene rings is 2. The Morgan fingerprint density at radius 2 is 1.56 bits per heavy atom. The molecule has 0 spiro atoms. The second-order valence-electron chi connectivity index (χ2n) is 7.60. The molecule has 0 saturated heterocycles. The van der Waals surface area contributed by atoms with Gasteiger partial charge in [-0.25, -0.2) is 13.1 Å². The second kappa shape index (κ2) is 9.64. The molecule has 7 nitrogen and oxygen atoms in total. The summed E-state index contributed by atoms with van der Waals surface area (Å²) in [6, 6.07) is 17.2. The van der Waals surface area contributed by atoms with Crippen LogP contribution in [0.1, 0.15) is 34.5 Å². The largest absolute Gasteiger partial charge is 0.326 e. The maximum absolute atomic E-state index is 12.3. The Labute approximate surface area is 190 Å².